The fourth-order valence-electron chi connectivity index (χ4n) is 2.70. The molecule has 2 rings (SSSR count). The first-order chi connectivity index (χ1) is 9.69. The summed E-state index contributed by atoms with van der Waals surface area (Å²) in [6, 6.07) is 8.90. The number of nitrogens with zero attached hydrogens (tertiary/aromatic N) is 1. The monoisotopic (exact) mass is 275 g/mol. The number of rotatable bonds is 5. The predicted octanol–water partition coefficient (Wildman–Crippen LogP) is 1.30. The molecule has 0 aromatic heterocycles. The summed E-state index contributed by atoms with van der Waals surface area (Å²) in [6.45, 7) is 5.70. The van der Waals surface area contributed by atoms with Gasteiger partial charge in [0, 0.05) is 25.7 Å². The van der Waals surface area contributed by atoms with Gasteiger partial charge in [0.25, 0.3) is 0 Å². The lowest BCUT2D eigenvalue weighted by Crippen LogP contribution is -2.46. The van der Waals surface area contributed by atoms with Crippen molar-refractivity contribution in [2.75, 3.05) is 26.7 Å². The average Bonchev–Trinajstić information content (AvgIpc) is 2.44. The lowest BCUT2D eigenvalue weighted by atomic mass is 10.0. The highest BCUT2D eigenvalue weighted by molar-refractivity contribution is 5.78. The molecule has 0 spiro atoms. The van der Waals surface area contributed by atoms with Gasteiger partial charge in [-0.15, -0.1) is 0 Å². The number of benzene rings is 1. The van der Waals surface area contributed by atoms with Crippen molar-refractivity contribution in [2.24, 2.45) is 0 Å². The molecule has 0 radical (unpaired) electrons. The van der Waals surface area contributed by atoms with Crippen molar-refractivity contribution in [2.45, 2.75) is 32.4 Å². The summed E-state index contributed by atoms with van der Waals surface area (Å²) in [5.74, 6) is 0.102. The number of carbonyl (C=O) groups is 1. The van der Waals surface area contributed by atoms with Crippen LogP contribution in [0.15, 0.2) is 24.3 Å². The van der Waals surface area contributed by atoms with E-state index >= 15 is 0 Å². The van der Waals surface area contributed by atoms with E-state index in [0.717, 1.165) is 32.5 Å². The molecule has 4 heteroatoms. The Hall–Kier alpha value is -1.39. The third kappa shape index (κ3) is 4.32. The Morgan fingerprint density at radius 2 is 2.00 bits per heavy atom. The molecule has 0 atom stereocenters. The van der Waals surface area contributed by atoms with E-state index in [4.69, 9.17) is 0 Å². The van der Waals surface area contributed by atoms with Gasteiger partial charge in [-0.2, -0.15) is 0 Å². The molecular weight excluding hydrogens is 250 g/mol. The molecule has 110 valence electrons. The Labute approximate surface area is 121 Å². The molecule has 1 saturated heterocycles. The highest BCUT2D eigenvalue weighted by Gasteiger charge is 2.20. The average molecular weight is 275 g/mol. The van der Waals surface area contributed by atoms with Gasteiger partial charge in [-0.05, 0) is 37.9 Å². The lowest BCUT2D eigenvalue weighted by Gasteiger charge is -2.32. The molecule has 1 fully saturated rings. The van der Waals surface area contributed by atoms with Crippen molar-refractivity contribution in [1.29, 1.82) is 0 Å². The largest absolute Gasteiger partial charge is 0.352 e. The quantitative estimate of drug-likeness (QED) is 0.851. The zero-order valence-corrected chi connectivity index (χ0v) is 12.5. The van der Waals surface area contributed by atoms with Crippen LogP contribution in [-0.2, 0) is 11.3 Å². The van der Waals surface area contributed by atoms with Gasteiger partial charge in [-0.1, -0.05) is 24.3 Å². The summed E-state index contributed by atoms with van der Waals surface area (Å²) in [7, 11) is 1.80. The highest BCUT2D eigenvalue weighted by Crippen LogP contribution is 2.16. The third-order valence-electron chi connectivity index (χ3n) is 3.95. The molecule has 1 amide bonds. The van der Waals surface area contributed by atoms with Crippen molar-refractivity contribution in [3.63, 3.8) is 0 Å². The van der Waals surface area contributed by atoms with Crippen LogP contribution < -0.4 is 10.6 Å². The van der Waals surface area contributed by atoms with Crippen molar-refractivity contribution in [1.82, 2.24) is 15.5 Å². The maximum absolute atomic E-state index is 11.5. The van der Waals surface area contributed by atoms with E-state index in [1.807, 2.05) is 0 Å². The number of likely N-dealkylation sites (tertiary alicyclic amines) is 1. The molecule has 0 aliphatic carbocycles. The lowest BCUT2D eigenvalue weighted by molar-refractivity contribution is -0.121. The molecule has 1 heterocycles. The second-order valence-corrected chi connectivity index (χ2v) is 5.57. The summed E-state index contributed by atoms with van der Waals surface area (Å²) >= 11 is 0. The normalized spacial score (nSPS) is 17.1. The number of amides is 1. The number of aryl methyl sites for hydroxylation is 1. The number of nitrogens with one attached hydrogen (secondary N) is 2. The van der Waals surface area contributed by atoms with Gasteiger partial charge in [0.2, 0.25) is 5.91 Å². The van der Waals surface area contributed by atoms with Gasteiger partial charge in [-0.25, -0.2) is 0 Å². The van der Waals surface area contributed by atoms with Crippen LogP contribution in [0.5, 0.6) is 0 Å². The molecule has 20 heavy (non-hydrogen) atoms. The first-order valence-corrected chi connectivity index (χ1v) is 7.40. The minimum Gasteiger partial charge on any atom is -0.352 e. The van der Waals surface area contributed by atoms with E-state index in [9.17, 15) is 4.79 Å². The Bertz CT molecular complexity index is 439. The zero-order chi connectivity index (χ0) is 14.4. The van der Waals surface area contributed by atoms with Crippen LogP contribution in [0.3, 0.4) is 0 Å². The molecular formula is C16H25N3O. The molecule has 1 aliphatic rings. The van der Waals surface area contributed by atoms with E-state index in [1.54, 1.807) is 7.05 Å². The second kappa shape index (κ2) is 7.41. The number of hydrogen-bond donors (Lipinski definition) is 2. The van der Waals surface area contributed by atoms with Crippen LogP contribution in [0.25, 0.3) is 0 Å². The Balaban J connectivity index is 1.77. The minimum atomic E-state index is 0.102. The summed E-state index contributed by atoms with van der Waals surface area (Å²) < 4.78 is 0. The van der Waals surface area contributed by atoms with Crippen molar-refractivity contribution in [3.8, 4) is 0 Å². The van der Waals surface area contributed by atoms with E-state index in [0.29, 0.717) is 12.6 Å². The van der Waals surface area contributed by atoms with Crippen LogP contribution in [-0.4, -0.2) is 43.5 Å². The van der Waals surface area contributed by atoms with Crippen LogP contribution in [0, 0.1) is 6.92 Å². The van der Waals surface area contributed by atoms with Crippen molar-refractivity contribution < 1.29 is 4.79 Å². The summed E-state index contributed by atoms with van der Waals surface area (Å²) in [4.78, 5) is 14.0. The van der Waals surface area contributed by atoms with E-state index in [1.165, 1.54) is 11.1 Å². The standard InChI is InChI=1S/C16H25N3O/c1-13-5-3-4-6-14(13)12-19-9-7-15(8-10-19)18-16(20)11-17-2/h3-6,15,17H,7-12H2,1-2H3,(H,18,20). The maximum atomic E-state index is 11.5. The van der Waals surface area contributed by atoms with Gasteiger partial charge < -0.3 is 10.6 Å². The van der Waals surface area contributed by atoms with Crippen LogP contribution in [0.4, 0.5) is 0 Å². The first-order valence-electron chi connectivity index (χ1n) is 7.40. The van der Waals surface area contributed by atoms with Crippen LogP contribution in [0.1, 0.15) is 24.0 Å². The molecule has 4 nitrogen and oxygen atoms in total. The smallest absolute Gasteiger partial charge is 0.234 e. The maximum Gasteiger partial charge on any atom is 0.234 e. The third-order valence-corrected chi connectivity index (χ3v) is 3.95. The number of likely N-dealkylation sites (N-methyl/N-ethyl adjacent to an activating group) is 1. The van der Waals surface area contributed by atoms with Crippen LogP contribution in [0.2, 0.25) is 0 Å². The molecule has 1 aromatic rings. The number of hydrogen-bond acceptors (Lipinski definition) is 3. The van der Waals surface area contributed by atoms with Gasteiger partial charge in [0.15, 0.2) is 0 Å². The summed E-state index contributed by atoms with van der Waals surface area (Å²) in [6.07, 6.45) is 2.09. The second-order valence-electron chi connectivity index (χ2n) is 5.57. The Kier molecular flexibility index (Phi) is 5.56. The van der Waals surface area contributed by atoms with Crippen LogP contribution >= 0.6 is 0 Å². The summed E-state index contributed by atoms with van der Waals surface area (Å²) in [5.41, 5.74) is 2.77. The topological polar surface area (TPSA) is 44.4 Å². The fourth-order valence-corrected chi connectivity index (χ4v) is 2.70. The molecule has 0 bridgehead atoms. The highest BCUT2D eigenvalue weighted by atomic mass is 16.1. The Morgan fingerprint density at radius 3 is 2.65 bits per heavy atom. The van der Waals surface area contributed by atoms with E-state index in [2.05, 4.69) is 46.7 Å². The van der Waals surface area contributed by atoms with Crippen molar-refractivity contribution >= 4 is 5.91 Å². The van der Waals surface area contributed by atoms with Gasteiger partial charge >= 0.3 is 0 Å². The molecule has 1 aromatic carbocycles. The molecule has 0 unspecified atom stereocenters. The SMILES string of the molecule is CNCC(=O)NC1CCN(Cc2ccccc2C)CC1. The predicted molar refractivity (Wildman–Crippen MR) is 81.5 cm³/mol. The zero-order valence-electron chi connectivity index (χ0n) is 12.5. The fraction of sp³-hybridized carbons (Fsp3) is 0.562. The Morgan fingerprint density at radius 1 is 1.30 bits per heavy atom. The minimum absolute atomic E-state index is 0.102. The molecule has 0 saturated carbocycles. The molecule has 1 aliphatic heterocycles. The van der Waals surface area contributed by atoms with Gasteiger partial charge in [-0.3, -0.25) is 9.69 Å². The van der Waals surface area contributed by atoms with E-state index < -0.39 is 0 Å². The summed E-state index contributed by atoms with van der Waals surface area (Å²) in [5, 5.41) is 5.97. The molecule has 2 N–H and O–H groups in total. The van der Waals surface area contributed by atoms with E-state index in [-0.39, 0.29) is 5.91 Å². The van der Waals surface area contributed by atoms with Gasteiger partial charge in [0.05, 0.1) is 6.54 Å². The first kappa shape index (κ1) is 15.0. The number of piperidine rings is 1. The van der Waals surface area contributed by atoms with Crippen molar-refractivity contribution in [3.05, 3.63) is 35.4 Å². The number of carbonyl (C=O) groups excluding carboxylic acids is 1. The van der Waals surface area contributed by atoms with Gasteiger partial charge in [0.1, 0.15) is 0 Å².